The molecule has 4 heteroatoms. The minimum absolute atomic E-state index is 0.0965. The Bertz CT molecular complexity index is 784. The minimum atomic E-state index is -0.392. The molecule has 1 aliphatic rings. The van der Waals surface area contributed by atoms with Crippen LogP contribution >= 0.6 is 0 Å². The molecule has 1 aliphatic carbocycles. The SMILES string of the molecule is Cc1ccc([C@@H]2CC(=O)c3c([nH]c(C(=O)OC(C)C)c3C)C2)cc1. The zero-order chi connectivity index (χ0) is 17.4. The smallest absolute Gasteiger partial charge is 0.355 e. The molecule has 0 bridgehead atoms. The van der Waals surface area contributed by atoms with Crippen molar-refractivity contribution in [3.8, 4) is 0 Å². The molecule has 1 heterocycles. The highest BCUT2D eigenvalue weighted by atomic mass is 16.5. The standard InChI is InChI=1S/C20H23NO3/c1-11(2)24-20(23)19-13(4)18-16(21-19)9-15(10-17(18)22)14-7-5-12(3)6-8-14/h5-8,11,15,21H,9-10H2,1-4H3/t15-/m0/s1. The lowest BCUT2D eigenvalue weighted by molar-refractivity contribution is 0.0370. The maximum atomic E-state index is 12.6. The van der Waals surface area contributed by atoms with Gasteiger partial charge in [0.25, 0.3) is 0 Å². The first kappa shape index (κ1) is 16.5. The van der Waals surface area contributed by atoms with Crippen LogP contribution in [0.2, 0.25) is 0 Å². The van der Waals surface area contributed by atoms with Crippen molar-refractivity contribution in [2.75, 3.05) is 0 Å². The van der Waals surface area contributed by atoms with Crippen molar-refractivity contribution in [2.24, 2.45) is 0 Å². The summed E-state index contributed by atoms with van der Waals surface area (Å²) in [5.74, 6) is -0.145. The lowest BCUT2D eigenvalue weighted by atomic mass is 9.81. The van der Waals surface area contributed by atoms with Gasteiger partial charge in [-0.2, -0.15) is 0 Å². The van der Waals surface area contributed by atoms with E-state index in [2.05, 4.69) is 36.2 Å². The van der Waals surface area contributed by atoms with Crippen molar-refractivity contribution in [1.82, 2.24) is 4.98 Å². The van der Waals surface area contributed by atoms with Crippen molar-refractivity contribution < 1.29 is 14.3 Å². The Kier molecular flexibility index (Phi) is 4.31. The van der Waals surface area contributed by atoms with Crippen LogP contribution in [0.25, 0.3) is 0 Å². The topological polar surface area (TPSA) is 59.2 Å². The molecule has 1 N–H and O–H groups in total. The summed E-state index contributed by atoms with van der Waals surface area (Å²) < 4.78 is 5.27. The Morgan fingerprint density at radius 2 is 1.83 bits per heavy atom. The third kappa shape index (κ3) is 3.01. The number of aromatic nitrogens is 1. The highest BCUT2D eigenvalue weighted by molar-refractivity contribution is 6.03. The molecular weight excluding hydrogens is 302 g/mol. The van der Waals surface area contributed by atoms with Crippen LogP contribution in [0.5, 0.6) is 0 Å². The van der Waals surface area contributed by atoms with Crippen molar-refractivity contribution >= 4 is 11.8 Å². The number of nitrogens with one attached hydrogen (secondary N) is 1. The maximum absolute atomic E-state index is 12.6. The third-order valence-electron chi connectivity index (χ3n) is 4.58. The van der Waals surface area contributed by atoms with Gasteiger partial charge in [0.05, 0.1) is 6.10 Å². The summed E-state index contributed by atoms with van der Waals surface area (Å²) in [5.41, 5.74) is 5.02. The van der Waals surface area contributed by atoms with Gasteiger partial charge < -0.3 is 9.72 Å². The quantitative estimate of drug-likeness (QED) is 0.864. The number of carbonyl (C=O) groups excluding carboxylic acids is 2. The molecule has 24 heavy (non-hydrogen) atoms. The Morgan fingerprint density at radius 3 is 2.46 bits per heavy atom. The van der Waals surface area contributed by atoms with E-state index in [0.29, 0.717) is 23.2 Å². The number of benzene rings is 1. The van der Waals surface area contributed by atoms with Gasteiger partial charge in [0.2, 0.25) is 0 Å². The average Bonchev–Trinajstić information content (AvgIpc) is 2.85. The van der Waals surface area contributed by atoms with Crippen molar-refractivity contribution in [2.45, 2.75) is 52.6 Å². The summed E-state index contributed by atoms with van der Waals surface area (Å²) in [7, 11) is 0. The predicted octanol–water partition coefficient (Wildman–Crippen LogP) is 4.11. The molecule has 0 amide bonds. The zero-order valence-corrected chi connectivity index (χ0v) is 14.6. The minimum Gasteiger partial charge on any atom is -0.458 e. The first-order valence-electron chi connectivity index (χ1n) is 8.39. The van der Waals surface area contributed by atoms with E-state index in [0.717, 1.165) is 17.7 Å². The third-order valence-corrected chi connectivity index (χ3v) is 4.58. The summed E-state index contributed by atoms with van der Waals surface area (Å²) in [4.78, 5) is 28.0. The number of fused-ring (bicyclic) bond motifs is 1. The number of carbonyl (C=O) groups is 2. The fourth-order valence-corrected chi connectivity index (χ4v) is 3.38. The molecule has 0 unspecified atom stereocenters. The van der Waals surface area contributed by atoms with E-state index >= 15 is 0 Å². The van der Waals surface area contributed by atoms with E-state index in [4.69, 9.17) is 4.74 Å². The van der Waals surface area contributed by atoms with Gasteiger partial charge in [0.1, 0.15) is 5.69 Å². The van der Waals surface area contributed by atoms with Crippen molar-refractivity contribution in [3.63, 3.8) is 0 Å². The molecule has 0 saturated carbocycles. The number of Topliss-reactive ketones (excluding diaryl/α,β-unsaturated/α-hetero) is 1. The maximum Gasteiger partial charge on any atom is 0.355 e. The number of aryl methyl sites for hydroxylation is 1. The first-order chi connectivity index (χ1) is 11.4. The Hall–Kier alpha value is -2.36. The Balaban J connectivity index is 1.92. The van der Waals surface area contributed by atoms with Gasteiger partial charge in [-0.05, 0) is 51.2 Å². The fourth-order valence-electron chi connectivity index (χ4n) is 3.38. The van der Waals surface area contributed by atoms with Gasteiger partial charge in [-0.15, -0.1) is 0 Å². The van der Waals surface area contributed by atoms with E-state index in [1.807, 2.05) is 20.8 Å². The molecular formula is C20H23NO3. The number of rotatable bonds is 3. The normalized spacial score (nSPS) is 17.0. The van der Waals surface area contributed by atoms with Crippen LogP contribution in [0.3, 0.4) is 0 Å². The number of hydrogen-bond acceptors (Lipinski definition) is 3. The van der Waals surface area contributed by atoms with Crippen LogP contribution in [-0.4, -0.2) is 22.8 Å². The monoisotopic (exact) mass is 325 g/mol. The van der Waals surface area contributed by atoms with E-state index < -0.39 is 5.97 Å². The second-order valence-electron chi connectivity index (χ2n) is 6.87. The summed E-state index contributed by atoms with van der Waals surface area (Å²) in [5, 5.41) is 0. The number of esters is 1. The fraction of sp³-hybridized carbons (Fsp3) is 0.400. The molecule has 3 rings (SSSR count). The molecule has 2 aromatic rings. The van der Waals surface area contributed by atoms with Crippen LogP contribution in [0.15, 0.2) is 24.3 Å². The lowest BCUT2D eigenvalue weighted by Crippen LogP contribution is -2.18. The van der Waals surface area contributed by atoms with E-state index in [-0.39, 0.29) is 17.8 Å². The molecule has 1 atom stereocenters. The van der Waals surface area contributed by atoms with Crippen molar-refractivity contribution in [3.05, 3.63) is 57.9 Å². The summed E-state index contributed by atoms with van der Waals surface area (Å²) >= 11 is 0. The van der Waals surface area contributed by atoms with E-state index in [1.54, 1.807) is 0 Å². The Morgan fingerprint density at radius 1 is 1.17 bits per heavy atom. The van der Waals surface area contributed by atoms with Gasteiger partial charge in [-0.25, -0.2) is 4.79 Å². The summed E-state index contributed by atoms with van der Waals surface area (Å²) in [6.07, 6.45) is 1.03. The molecule has 0 saturated heterocycles. The second-order valence-corrected chi connectivity index (χ2v) is 6.87. The highest BCUT2D eigenvalue weighted by Gasteiger charge is 2.32. The number of aromatic amines is 1. The van der Waals surface area contributed by atoms with E-state index in [9.17, 15) is 9.59 Å². The first-order valence-corrected chi connectivity index (χ1v) is 8.39. The lowest BCUT2D eigenvalue weighted by Gasteiger charge is -2.22. The summed E-state index contributed by atoms with van der Waals surface area (Å²) in [6.45, 7) is 7.49. The van der Waals surface area contributed by atoms with Gasteiger partial charge in [0, 0.05) is 17.7 Å². The Labute approximate surface area is 142 Å². The molecule has 0 fully saturated rings. The molecule has 1 aromatic carbocycles. The van der Waals surface area contributed by atoms with Crippen LogP contribution in [0, 0.1) is 13.8 Å². The molecule has 0 radical (unpaired) electrons. The number of hydrogen-bond donors (Lipinski definition) is 1. The molecule has 0 spiro atoms. The molecule has 0 aliphatic heterocycles. The van der Waals surface area contributed by atoms with Gasteiger partial charge in [-0.1, -0.05) is 29.8 Å². The number of ether oxygens (including phenoxy) is 1. The average molecular weight is 325 g/mol. The molecule has 1 aromatic heterocycles. The van der Waals surface area contributed by atoms with Gasteiger partial charge in [0.15, 0.2) is 5.78 Å². The number of H-pyrrole nitrogens is 1. The molecule has 126 valence electrons. The predicted molar refractivity (Wildman–Crippen MR) is 92.7 cm³/mol. The second kappa shape index (κ2) is 6.27. The van der Waals surface area contributed by atoms with Gasteiger partial charge >= 0.3 is 5.97 Å². The van der Waals surface area contributed by atoms with Crippen LogP contribution < -0.4 is 0 Å². The largest absolute Gasteiger partial charge is 0.458 e. The van der Waals surface area contributed by atoms with Crippen LogP contribution in [0.4, 0.5) is 0 Å². The van der Waals surface area contributed by atoms with Crippen molar-refractivity contribution in [1.29, 1.82) is 0 Å². The van der Waals surface area contributed by atoms with E-state index in [1.165, 1.54) is 5.56 Å². The molecule has 4 nitrogen and oxygen atoms in total. The zero-order valence-electron chi connectivity index (χ0n) is 14.6. The van der Waals surface area contributed by atoms with Crippen LogP contribution in [0.1, 0.15) is 69.4 Å². The van der Waals surface area contributed by atoms with Crippen LogP contribution in [-0.2, 0) is 11.2 Å². The summed E-state index contributed by atoms with van der Waals surface area (Å²) in [6, 6.07) is 8.31. The number of ketones is 1. The highest BCUT2D eigenvalue weighted by Crippen LogP contribution is 2.35. The van der Waals surface area contributed by atoms with Gasteiger partial charge in [-0.3, -0.25) is 4.79 Å².